The average molecular weight is 489 g/mol. The molecule has 2 aliphatic rings. The fourth-order valence-corrected chi connectivity index (χ4v) is 4.57. The van der Waals surface area contributed by atoms with Crippen molar-refractivity contribution in [2.24, 2.45) is 0 Å². The molecule has 2 aromatic carbocycles. The quantitative estimate of drug-likeness (QED) is 0.587. The van der Waals surface area contributed by atoms with Gasteiger partial charge >= 0.3 is 12.2 Å². The van der Waals surface area contributed by atoms with Gasteiger partial charge in [-0.15, -0.1) is 0 Å². The zero-order valence-electron chi connectivity index (χ0n) is 19.1. The van der Waals surface area contributed by atoms with Gasteiger partial charge in [-0.1, -0.05) is 60.7 Å². The van der Waals surface area contributed by atoms with Crippen molar-refractivity contribution in [3.8, 4) is 0 Å². The lowest BCUT2D eigenvalue weighted by atomic mass is 9.89. The maximum atomic E-state index is 14.1. The lowest BCUT2D eigenvalue weighted by molar-refractivity contribution is -0.198. The second-order valence-corrected chi connectivity index (χ2v) is 8.86. The van der Waals surface area contributed by atoms with Gasteiger partial charge in [-0.05, 0) is 30.4 Å². The fourth-order valence-electron chi connectivity index (χ4n) is 4.57. The van der Waals surface area contributed by atoms with Crippen LogP contribution in [0.2, 0.25) is 0 Å². The maximum Gasteiger partial charge on any atom is 0.425 e. The number of hydrogen-bond acceptors (Lipinski definition) is 4. The smallest absolute Gasteiger partial charge is 0.353 e. The molecule has 2 heterocycles. The Hall–Kier alpha value is -3.40. The zero-order chi connectivity index (χ0) is 25.1. The number of urea groups is 1. The Morgan fingerprint density at radius 1 is 1.00 bits per heavy atom. The molecule has 0 aromatic heterocycles. The first-order valence-corrected chi connectivity index (χ1v) is 11.5. The molecule has 2 N–H and O–H groups in total. The van der Waals surface area contributed by atoms with Gasteiger partial charge in [-0.2, -0.15) is 13.2 Å². The standard InChI is InChI=1S/C25H27F3N4O3/c26-25(27,28)24(19-9-5-2-6-10-19)22(34)32(23(35)30-24)17-31-15-13-20(14-16-31)29-21(33)12-11-18-7-3-1-4-8-18/h1-10,20H,11-17H2,(H,29,33)(H,30,35). The van der Waals surface area contributed by atoms with Crippen LogP contribution in [0.4, 0.5) is 18.0 Å². The molecule has 0 saturated carbocycles. The maximum absolute atomic E-state index is 14.1. The number of hydrogen-bond donors (Lipinski definition) is 2. The molecule has 2 aromatic rings. The monoisotopic (exact) mass is 488 g/mol. The van der Waals surface area contributed by atoms with Crippen molar-refractivity contribution in [2.45, 2.75) is 43.4 Å². The molecule has 2 aliphatic heterocycles. The van der Waals surface area contributed by atoms with Crippen molar-refractivity contribution in [3.63, 3.8) is 0 Å². The first-order chi connectivity index (χ1) is 16.7. The van der Waals surface area contributed by atoms with Crippen molar-refractivity contribution in [2.75, 3.05) is 19.8 Å². The van der Waals surface area contributed by atoms with Gasteiger partial charge in [0.05, 0.1) is 6.67 Å². The minimum atomic E-state index is -5.01. The molecule has 0 spiro atoms. The molecular formula is C25H27F3N4O3. The van der Waals surface area contributed by atoms with Gasteiger partial charge in [0.2, 0.25) is 11.4 Å². The van der Waals surface area contributed by atoms with Crippen molar-refractivity contribution >= 4 is 17.8 Å². The number of imide groups is 1. The van der Waals surface area contributed by atoms with Crippen LogP contribution in [-0.4, -0.2) is 59.6 Å². The van der Waals surface area contributed by atoms with Crippen LogP contribution in [0.5, 0.6) is 0 Å². The lowest BCUT2D eigenvalue weighted by Crippen LogP contribution is -2.56. The van der Waals surface area contributed by atoms with Crippen LogP contribution in [0.3, 0.4) is 0 Å². The highest BCUT2D eigenvalue weighted by Crippen LogP contribution is 2.43. The highest BCUT2D eigenvalue weighted by molar-refractivity contribution is 6.08. The third-order valence-corrected chi connectivity index (χ3v) is 6.52. The Kier molecular flexibility index (Phi) is 7.11. The third kappa shape index (κ3) is 5.17. The molecule has 10 heteroatoms. The van der Waals surface area contributed by atoms with Gasteiger partial charge in [0.25, 0.3) is 5.91 Å². The molecule has 0 aliphatic carbocycles. The number of amides is 4. The SMILES string of the molecule is O=C(CCc1ccccc1)NC1CCN(CN2C(=O)NC(c3ccccc3)(C(F)(F)F)C2=O)CC1. The number of piperidine rings is 1. The molecule has 0 radical (unpaired) electrons. The van der Waals surface area contributed by atoms with Crippen LogP contribution in [0, 0.1) is 0 Å². The largest absolute Gasteiger partial charge is 0.425 e. The first-order valence-electron chi connectivity index (χ1n) is 11.5. The van der Waals surface area contributed by atoms with E-state index in [-0.39, 0.29) is 24.2 Å². The number of halogens is 3. The molecule has 2 fully saturated rings. The summed E-state index contributed by atoms with van der Waals surface area (Å²) in [4.78, 5) is 40.2. The lowest BCUT2D eigenvalue weighted by Gasteiger charge is -2.34. The summed E-state index contributed by atoms with van der Waals surface area (Å²) in [6.45, 7) is 0.625. The summed E-state index contributed by atoms with van der Waals surface area (Å²) >= 11 is 0. The molecule has 7 nitrogen and oxygen atoms in total. The first kappa shape index (κ1) is 24.7. The third-order valence-electron chi connectivity index (χ3n) is 6.52. The molecule has 4 rings (SSSR count). The van der Waals surface area contributed by atoms with Gasteiger partial charge in [0.1, 0.15) is 0 Å². The second-order valence-electron chi connectivity index (χ2n) is 8.86. The number of rotatable bonds is 7. The molecule has 1 atom stereocenters. The average Bonchev–Trinajstić information content (AvgIpc) is 3.11. The van der Waals surface area contributed by atoms with E-state index in [0.29, 0.717) is 43.7 Å². The number of benzene rings is 2. The van der Waals surface area contributed by atoms with Crippen molar-refractivity contribution in [3.05, 3.63) is 71.8 Å². The van der Waals surface area contributed by atoms with Crippen LogP contribution in [0.25, 0.3) is 0 Å². The van der Waals surface area contributed by atoms with E-state index < -0.39 is 23.7 Å². The van der Waals surface area contributed by atoms with Crippen LogP contribution in [0.1, 0.15) is 30.4 Å². The summed E-state index contributed by atoms with van der Waals surface area (Å²) in [5, 5.41) is 4.91. The van der Waals surface area contributed by atoms with Gasteiger partial charge in [0.15, 0.2) is 0 Å². The minimum absolute atomic E-state index is 0.0563. The number of carbonyl (C=O) groups is 3. The zero-order valence-corrected chi connectivity index (χ0v) is 19.1. The predicted octanol–water partition coefficient (Wildman–Crippen LogP) is 3.17. The van der Waals surface area contributed by atoms with E-state index in [4.69, 9.17) is 0 Å². The van der Waals surface area contributed by atoms with Gasteiger partial charge in [-0.25, -0.2) is 9.69 Å². The molecule has 35 heavy (non-hydrogen) atoms. The van der Waals surface area contributed by atoms with Gasteiger partial charge in [0, 0.05) is 25.6 Å². The van der Waals surface area contributed by atoms with E-state index in [2.05, 4.69) is 5.32 Å². The summed E-state index contributed by atoms with van der Waals surface area (Å²) in [6.07, 6.45) is -2.85. The number of nitrogens with one attached hydrogen (secondary N) is 2. The van der Waals surface area contributed by atoms with Crippen molar-refractivity contribution in [1.82, 2.24) is 20.4 Å². The van der Waals surface area contributed by atoms with Crippen molar-refractivity contribution < 1.29 is 27.6 Å². The Labute approximate surface area is 201 Å². The van der Waals surface area contributed by atoms with Crippen LogP contribution in [-0.2, 0) is 21.5 Å². The van der Waals surface area contributed by atoms with Crippen molar-refractivity contribution in [1.29, 1.82) is 0 Å². The molecular weight excluding hydrogens is 461 g/mol. The fraction of sp³-hybridized carbons (Fsp3) is 0.400. The number of nitrogens with zero attached hydrogens (tertiary/aromatic N) is 2. The van der Waals surface area contributed by atoms with Crippen LogP contribution in [0.15, 0.2) is 60.7 Å². The van der Waals surface area contributed by atoms with Crippen LogP contribution >= 0.6 is 0 Å². The Bertz CT molecular complexity index is 1060. The van der Waals surface area contributed by atoms with E-state index in [0.717, 1.165) is 5.56 Å². The number of alkyl halides is 3. The molecule has 186 valence electrons. The molecule has 1 unspecified atom stereocenters. The highest BCUT2D eigenvalue weighted by atomic mass is 19.4. The number of aryl methyl sites for hydroxylation is 1. The van der Waals surface area contributed by atoms with E-state index in [1.54, 1.807) is 4.90 Å². The molecule has 4 amide bonds. The second kappa shape index (κ2) is 10.1. The Morgan fingerprint density at radius 3 is 2.20 bits per heavy atom. The summed E-state index contributed by atoms with van der Waals surface area (Å²) in [5.74, 6) is -1.39. The van der Waals surface area contributed by atoms with E-state index >= 15 is 0 Å². The summed E-state index contributed by atoms with van der Waals surface area (Å²) in [5.41, 5.74) is -2.35. The van der Waals surface area contributed by atoms with E-state index in [1.807, 2.05) is 35.6 Å². The summed E-state index contributed by atoms with van der Waals surface area (Å²) in [6, 6.07) is 15.2. The van der Waals surface area contributed by atoms with Gasteiger partial charge in [-0.3, -0.25) is 14.5 Å². The minimum Gasteiger partial charge on any atom is -0.353 e. The van der Waals surface area contributed by atoms with E-state index in [9.17, 15) is 27.6 Å². The summed E-state index contributed by atoms with van der Waals surface area (Å²) in [7, 11) is 0. The van der Waals surface area contributed by atoms with Crippen LogP contribution < -0.4 is 10.6 Å². The number of likely N-dealkylation sites (tertiary alicyclic amines) is 1. The predicted molar refractivity (Wildman–Crippen MR) is 122 cm³/mol. The number of carbonyl (C=O) groups excluding carboxylic acids is 3. The Balaban J connectivity index is 1.32. The normalized spacial score (nSPS) is 21.7. The van der Waals surface area contributed by atoms with Gasteiger partial charge < -0.3 is 10.6 Å². The Morgan fingerprint density at radius 2 is 1.60 bits per heavy atom. The van der Waals surface area contributed by atoms with E-state index in [1.165, 1.54) is 30.3 Å². The molecule has 0 bridgehead atoms. The summed E-state index contributed by atoms with van der Waals surface area (Å²) < 4.78 is 42.3. The highest BCUT2D eigenvalue weighted by Gasteiger charge is 2.68. The topological polar surface area (TPSA) is 81.8 Å². The molecule has 2 saturated heterocycles.